The molecule has 2 N–H and O–H groups in total. The van der Waals surface area contributed by atoms with E-state index >= 15 is 0 Å². The molecule has 0 heterocycles. The number of ether oxygens (including phenoxy) is 1. The molecule has 0 aliphatic rings. The number of anilines is 1. The molecule has 184 valence electrons. The molecular formula is C31H32N2O3. The first-order valence-electron chi connectivity index (χ1n) is 12.5. The molecule has 5 heteroatoms. The molecule has 0 aliphatic heterocycles. The standard InChI is InChI=1S/C31H32N2O3/c34-30(33-28-17-10-15-26(21-28)24-11-3-1-4-12-24)19-5-2-8-20-32-31(35)23-36-22-27-16-9-14-25-13-6-7-18-29(25)27/h1,3-4,6-7,9-18,21H,2,5,8,19-20,22-23H2,(H,32,35)(H,33,34). The molecule has 0 aliphatic carbocycles. The third-order valence-corrected chi connectivity index (χ3v) is 6.03. The van der Waals surface area contributed by atoms with Crippen LogP contribution in [0.15, 0.2) is 97.1 Å². The van der Waals surface area contributed by atoms with Gasteiger partial charge in [0.2, 0.25) is 11.8 Å². The minimum atomic E-state index is -0.119. The number of hydrogen-bond acceptors (Lipinski definition) is 3. The van der Waals surface area contributed by atoms with Gasteiger partial charge in [-0.1, -0.05) is 91.3 Å². The van der Waals surface area contributed by atoms with Gasteiger partial charge >= 0.3 is 0 Å². The zero-order valence-corrected chi connectivity index (χ0v) is 20.4. The van der Waals surface area contributed by atoms with Crippen LogP contribution in [0, 0.1) is 0 Å². The highest BCUT2D eigenvalue weighted by Crippen LogP contribution is 2.22. The fourth-order valence-electron chi connectivity index (χ4n) is 4.17. The molecule has 0 saturated carbocycles. The van der Waals surface area contributed by atoms with Crippen LogP contribution in [0.3, 0.4) is 0 Å². The maximum absolute atomic E-state index is 12.3. The predicted molar refractivity (Wildman–Crippen MR) is 146 cm³/mol. The molecule has 5 nitrogen and oxygen atoms in total. The summed E-state index contributed by atoms with van der Waals surface area (Å²) >= 11 is 0. The first kappa shape index (κ1) is 25.1. The summed E-state index contributed by atoms with van der Waals surface area (Å²) in [5, 5.41) is 8.19. The highest BCUT2D eigenvalue weighted by Gasteiger charge is 2.06. The molecule has 0 bridgehead atoms. The summed E-state index contributed by atoms with van der Waals surface area (Å²) in [6.45, 7) is 1.02. The third-order valence-electron chi connectivity index (χ3n) is 6.03. The molecule has 4 aromatic rings. The molecular weight excluding hydrogens is 448 g/mol. The molecule has 2 amide bonds. The van der Waals surface area contributed by atoms with E-state index in [0.29, 0.717) is 19.6 Å². The third kappa shape index (κ3) is 7.52. The second kappa shape index (κ2) is 13.2. The lowest BCUT2D eigenvalue weighted by molar-refractivity contribution is -0.126. The van der Waals surface area contributed by atoms with Gasteiger partial charge in [-0.05, 0) is 52.4 Å². The van der Waals surface area contributed by atoms with Gasteiger partial charge in [0.25, 0.3) is 0 Å². The van der Waals surface area contributed by atoms with E-state index < -0.39 is 0 Å². The van der Waals surface area contributed by atoms with E-state index in [2.05, 4.69) is 41.0 Å². The number of carbonyl (C=O) groups excluding carboxylic acids is 2. The second-order valence-corrected chi connectivity index (χ2v) is 8.79. The molecule has 0 spiro atoms. The topological polar surface area (TPSA) is 67.4 Å². The molecule has 0 fully saturated rings. The molecule has 4 rings (SSSR count). The average molecular weight is 481 g/mol. The quantitative estimate of drug-likeness (QED) is 0.233. The Balaban J connectivity index is 1.08. The second-order valence-electron chi connectivity index (χ2n) is 8.79. The Labute approximate surface area is 212 Å². The van der Waals surface area contributed by atoms with Crippen LogP contribution >= 0.6 is 0 Å². The molecule has 0 aromatic heterocycles. The Morgan fingerprint density at radius 2 is 1.44 bits per heavy atom. The van der Waals surface area contributed by atoms with Gasteiger partial charge in [0.05, 0.1) is 6.61 Å². The maximum atomic E-state index is 12.3. The summed E-state index contributed by atoms with van der Waals surface area (Å²) in [7, 11) is 0. The summed E-state index contributed by atoms with van der Waals surface area (Å²) in [6.07, 6.45) is 2.93. The largest absolute Gasteiger partial charge is 0.367 e. The van der Waals surface area contributed by atoms with Gasteiger partial charge < -0.3 is 15.4 Å². The normalized spacial score (nSPS) is 10.8. The minimum Gasteiger partial charge on any atom is -0.367 e. The smallest absolute Gasteiger partial charge is 0.246 e. The van der Waals surface area contributed by atoms with Crippen LogP contribution in [0.4, 0.5) is 5.69 Å². The highest BCUT2D eigenvalue weighted by atomic mass is 16.5. The van der Waals surface area contributed by atoms with Crippen LogP contribution in [-0.2, 0) is 20.9 Å². The minimum absolute atomic E-state index is 0.00563. The number of nitrogens with one attached hydrogen (secondary N) is 2. The number of fused-ring (bicyclic) bond motifs is 1. The Hall–Kier alpha value is -3.96. The van der Waals surface area contributed by atoms with Gasteiger partial charge in [-0.2, -0.15) is 0 Å². The van der Waals surface area contributed by atoms with Gasteiger partial charge in [0, 0.05) is 18.7 Å². The molecule has 4 aromatic carbocycles. The molecule has 0 atom stereocenters. The van der Waals surface area contributed by atoms with Crippen molar-refractivity contribution >= 4 is 28.3 Å². The predicted octanol–water partition coefficient (Wildman–Crippen LogP) is 6.34. The van der Waals surface area contributed by atoms with Crippen molar-refractivity contribution in [3.05, 3.63) is 103 Å². The van der Waals surface area contributed by atoms with E-state index in [9.17, 15) is 9.59 Å². The Bertz CT molecular complexity index is 1280. The lowest BCUT2D eigenvalue weighted by Crippen LogP contribution is -2.28. The Morgan fingerprint density at radius 1 is 0.694 bits per heavy atom. The lowest BCUT2D eigenvalue weighted by Gasteiger charge is -2.09. The molecule has 36 heavy (non-hydrogen) atoms. The number of benzene rings is 4. The van der Waals surface area contributed by atoms with E-state index in [1.165, 1.54) is 0 Å². The highest BCUT2D eigenvalue weighted by molar-refractivity contribution is 5.91. The van der Waals surface area contributed by atoms with Crippen LogP contribution in [0.5, 0.6) is 0 Å². The maximum Gasteiger partial charge on any atom is 0.246 e. The summed E-state index contributed by atoms with van der Waals surface area (Å²) < 4.78 is 5.63. The van der Waals surface area contributed by atoms with Crippen molar-refractivity contribution in [2.45, 2.75) is 32.3 Å². The SMILES string of the molecule is O=C(COCc1cccc2ccccc12)NCCCCCC(=O)Nc1cccc(-c2ccccc2)c1. The van der Waals surface area contributed by atoms with Crippen LogP contribution in [0.1, 0.15) is 31.2 Å². The first-order chi connectivity index (χ1) is 17.7. The van der Waals surface area contributed by atoms with E-state index in [0.717, 1.165) is 52.4 Å². The van der Waals surface area contributed by atoms with Crippen LogP contribution in [-0.4, -0.2) is 25.0 Å². The summed E-state index contributed by atoms with van der Waals surface area (Å²) in [5.41, 5.74) is 4.07. The van der Waals surface area contributed by atoms with Crippen molar-refractivity contribution in [3.63, 3.8) is 0 Å². The van der Waals surface area contributed by atoms with Crippen molar-refractivity contribution in [2.24, 2.45) is 0 Å². The lowest BCUT2D eigenvalue weighted by atomic mass is 10.1. The van der Waals surface area contributed by atoms with Gasteiger partial charge in [-0.25, -0.2) is 0 Å². The number of carbonyl (C=O) groups is 2. The summed E-state index contributed by atoms with van der Waals surface area (Å²) in [5.74, 6) is -0.114. The van der Waals surface area contributed by atoms with Gasteiger partial charge in [0.15, 0.2) is 0 Å². The number of hydrogen-bond donors (Lipinski definition) is 2. The van der Waals surface area contributed by atoms with Gasteiger partial charge in [-0.3, -0.25) is 9.59 Å². The molecule has 0 unspecified atom stereocenters. The van der Waals surface area contributed by atoms with E-state index in [-0.39, 0.29) is 18.4 Å². The van der Waals surface area contributed by atoms with Gasteiger partial charge in [-0.15, -0.1) is 0 Å². The van der Waals surface area contributed by atoms with Gasteiger partial charge in [0.1, 0.15) is 6.61 Å². The van der Waals surface area contributed by atoms with Crippen LogP contribution < -0.4 is 10.6 Å². The molecule has 0 radical (unpaired) electrons. The average Bonchev–Trinajstić information content (AvgIpc) is 2.91. The summed E-state index contributed by atoms with van der Waals surface area (Å²) in [6, 6.07) is 32.2. The number of amides is 2. The zero-order chi connectivity index (χ0) is 25.0. The number of rotatable bonds is 12. The van der Waals surface area contributed by atoms with Crippen LogP contribution in [0.2, 0.25) is 0 Å². The first-order valence-corrected chi connectivity index (χ1v) is 12.5. The fourth-order valence-corrected chi connectivity index (χ4v) is 4.17. The monoisotopic (exact) mass is 480 g/mol. The van der Waals surface area contributed by atoms with Crippen molar-refractivity contribution in [1.82, 2.24) is 5.32 Å². The zero-order valence-electron chi connectivity index (χ0n) is 20.4. The van der Waals surface area contributed by atoms with Crippen molar-refractivity contribution < 1.29 is 14.3 Å². The molecule has 0 saturated heterocycles. The van der Waals surface area contributed by atoms with Crippen molar-refractivity contribution in [3.8, 4) is 11.1 Å². The summed E-state index contributed by atoms with van der Waals surface area (Å²) in [4.78, 5) is 24.4. The van der Waals surface area contributed by atoms with E-state index in [1.54, 1.807) is 0 Å². The Morgan fingerprint density at radius 3 is 2.33 bits per heavy atom. The van der Waals surface area contributed by atoms with Crippen LogP contribution in [0.25, 0.3) is 21.9 Å². The fraction of sp³-hybridized carbons (Fsp3) is 0.226. The number of unbranched alkanes of at least 4 members (excludes halogenated alkanes) is 2. The Kier molecular flexibility index (Phi) is 9.23. The van der Waals surface area contributed by atoms with E-state index in [4.69, 9.17) is 4.74 Å². The van der Waals surface area contributed by atoms with Crippen molar-refractivity contribution in [1.29, 1.82) is 0 Å². The van der Waals surface area contributed by atoms with E-state index in [1.807, 2.05) is 66.7 Å². The van der Waals surface area contributed by atoms with Crippen molar-refractivity contribution in [2.75, 3.05) is 18.5 Å².